The molecular formula is C13H15N5. The smallest absolute Gasteiger partial charge is 0.115 e. The van der Waals surface area contributed by atoms with Crippen molar-refractivity contribution in [1.29, 1.82) is 0 Å². The van der Waals surface area contributed by atoms with Gasteiger partial charge in [-0.1, -0.05) is 0 Å². The van der Waals surface area contributed by atoms with Crippen LogP contribution in [0, 0.1) is 0 Å². The van der Waals surface area contributed by atoms with E-state index in [1.54, 1.807) is 18.7 Å². The molecule has 0 bridgehead atoms. The van der Waals surface area contributed by atoms with Crippen LogP contribution in [0.15, 0.2) is 37.3 Å². The molecule has 5 heteroatoms. The lowest BCUT2D eigenvalue weighted by Gasteiger charge is -2.23. The maximum absolute atomic E-state index is 4.42. The van der Waals surface area contributed by atoms with Crippen molar-refractivity contribution in [3.63, 3.8) is 0 Å². The molecule has 0 aliphatic carbocycles. The molecule has 1 atom stereocenters. The Labute approximate surface area is 106 Å². The van der Waals surface area contributed by atoms with Crippen molar-refractivity contribution in [3.05, 3.63) is 48.6 Å². The third kappa shape index (κ3) is 2.36. The molecule has 2 aromatic heterocycles. The third-order valence-electron chi connectivity index (χ3n) is 3.29. The van der Waals surface area contributed by atoms with Crippen LogP contribution in [-0.2, 0) is 6.54 Å². The second-order valence-corrected chi connectivity index (χ2v) is 4.51. The van der Waals surface area contributed by atoms with Crippen LogP contribution in [0.3, 0.4) is 0 Å². The zero-order valence-corrected chi connectivity index (χ0v) is 10.1. The predicted molar refractivity (Wildman–Crippen MR) is 66.4 cm³/mol. The predicted octanol–water partition coefficient (Wildman–Crippen LogP) is 1.60. The fourth-order valence-corrected chi connectivity index (χ4v) is 2.48. The molecule has 0 aromatic carbocycles. The first-order valence-electron chi connectivity index (χ1n) is 6.17. The number of hydrogen-bond donors (Lipinski definition) is 0. The van der Waals surface area contributed by atoms with Gasteiger partial charge in [-0.3, -0.25) is 14.9 Å². The zero-order valence-electron chi connectivity index (χ0n) is 10.1. The topological polar surface area (TPSA) is 54.8 Å². The second kappa shape index (κ2) is 5.18. The van der Waals surface area contributed by atoms with Gasteiger partial charge in [-0.05, 0) is 19.4 Å². The second-order valence-electron chi connectivity index (χ2n) is 4.51. The molecule has 1 saturated heterocycles. The van der Waals surface area contributed by atoms with Crippen LogP contribution in [0.2, 0.25) is 0 Å². The lowest BCUT2D eigenvalue weighted by Crippen LogP contribution is -2.23. The highest BCUT2D eigenvalue weighted by Gasteiger charge is 2.27. The zero-order chi connectivity index (χ0) is 12.2. The highest BCUT2D eigenvalue weighted by Crippen LogP contribution is 2.31. The molecule has 1 aliphatic rings. The van der Waals surface area contributed by atoms with Gasteiger partial charge in [0.05, 0.1) is 11.7 Å². The van der Waals surface area contributed by atoms with Crippen LogP contribution in [-0.4, -0.2) is 31.4 Å². The summed E-state index contributed by atoms with van der Waals surface area (Å²) >= 11 is 0. The summed E-state index contributed by atoms with van der Waals surface area (Å²) < 4.78 is 0. The van der Waals surface area contributed by atoms with Gasteiger partial charge in [0.2, 0.25) is 0 Å². The van der Waals surface area contributed by atoms with Gasteiger partial charge in [0.1, 0.15) is 6.33 Å². The maximum atomic E-state index is 4.42. The third-order valence-corrected chi connectivity index (χ3v) is 3.29. The van der Waals surface area contributed by atoms with Gasteiger partial charge in [0.15, 0.2) is 0 Å². The molecule has 5 nitrogen and oxygen atoms in total. The SMILES string of the molecule is c1cnc(C2CCCN2Cc2cncnc2)cn1. The molecule has 2 aromatic rings. The average molecular weight is 241 g/mol. The van der Waals surface area contributed by atoms with E-state index in [0.29, 0.717) is 6.04 Å². The lowest BCUT2D eigenvalue weighted by molar-refractivity contribution is 0.243. The quantitative estimate of drug-likeness (QED) is 0.817. The Morgan fingerprint density at radius 3 is 2.78 bits per heavy atom. The van der Waals surface area contributed by atoms with Crippen molar-refractivity contribution in [2.24, 2.45) is 0 Å². The van der Waals surface area contributed by atoms with Crippen LogP contribution in [0.25, 0.3) is 0 Å². The van der Waals surface area contributed by atoms with Crippen molar-refractivity contribution >= 4 is 0 Å². The first-order valence-corrected chi connectivity index (χ1v) is 6.17. The van der Waals surface area contributed by atoms with Crippen LogP contribution >= 0.6 is 0 Å². The van der Waals surface area contributed by atoms with E-state index >= 15 is 0 Å². The molecule has 3 heterocycles. The number of aromatic nitrogens is 4. The molecule has 0 amide bonds. The minimum Gasteiger partial charge on any atom is -0.290 e. The van der Waals surface area contributed by atoms with Crippen LogP contribution in [0.4, 0.5) is 0 Å². The summed E-state index contributed by atoms with van der Waals surface area (Å²) in [6, 6.07) is 0.374. The molecule has 0 saturated carbocycles. The summed E-state index contributed by atoms with van der Waals surface area (Å²) in [5.74, 6) is 0. The first kappa shape index (κ1) is 11.2. The van der Waals surface area contributed by atoms with Gasteiger partial charge in [0.25, 0.3) is 0 Å². The summed E-state index contributed by atoms with van der Waals surface area (Å²) in [6.07, 6.45) is 13.0. The molecule has 1 aliphatic heterocycles. The van der Waals surface area contributed by atoms with Crippen molar-refractivity contribution < 1.29 is 0 Å². The van der Waals surface area contributed by atoms with E-state index < -0.39 is 0 Å². The van der Waals surface area contributed by atoms with Crippen molar-refractivity contribution in [3.8, 4) is 0 Å². The highest BCUT2D eigenvalue weighted by atomic mass is 15.2. The molecule has 92 valence electrons. The summed E-state index contributed by atoms with van der Waals surface area (Å²) in [7, 11) is 0. The minimum absolute atomic E-state index is 0.374. The molecule has 1 fully saturated rings. The Morgan fingerprint density at radius 1 is 1.11 bits per heavy atom. The first-order chi connectivity index (χ1) is 8.93. The molecule has 3 rings (SSSR count). The van der Waals surface area contributed by atoms with E-state index in [9.17, 15) is 0 Å². The van der Waals surface area contributed by atoms with Crippen molar-refractivity contribution in [2.75, 3.05) is 6.54 Å². The molecule has 0 radical (unpaired) electrons. The van der Waals surface area contributed by atoms with Crippen LogP contribution in [0.1, 0.15) is 30.1 Å². The van der Waals surface area contributed by atoms with E-state index in [1.165, 1.54) is 6.42 Å². The normalized spacial score (nSPS) is 20.1. The van der Waals surface area contributed by atoms with Gasteiger partial charge in [0, 0.05) is 43.1 Å². The molecule has 0 N–H and O–H groups in total. The number of hydrogen-bond acceptors (Lipinski definition) is 5. The number of likely N-dealkylation sites (tertiary alicyclic amines) is 1. The fraction of sp³-hybridized carbons (Fsp3) is 0.385. The number of rotatable bonds is 3. The Kier molecular flexibility index (Phi) is 3.23. The van der Waals surface area contributed by atoms with Crippen molar-refractivity contribution in [2.45, 2.75) is 25.4 Å². The highest BCUT2D eigenvalue weighted by molar-refractivity contribution is 5.08. The van der Waals surface area contributed by atoms with E-state index in [4.69, 9.17) is 0 Å². The molecule has 0 spiro atoms. The summed E-state index contributed by atoms with van der Waals surface area (Å²) in [6.45, 7) is 1.97. The molecular weight excluding hydrogens is 226 g/mol. The molecule has 1 unspecified atom stereocenters. The Balaban J connectivity index is 1.76. The van der Waals surface area contributed by atoms with E-state index in [-0.39, 0.29) is 0 Å². The Morgan fingerprint density at radius 2 is 2.00 bits per heavy atom. The minimum atomic E-state index is 0.374. The standard InChI is InChI=1S/C13H15N5/c1-2-13(12-8-14-3-4-17-12)18(5-1)9-11-6-15-10-16-7-11/h3-4,6-8,10,13H,1-2,5,9H2. The lowest BCUT2D eigenvalue weighted by atomic mass is 10.1. The van der Waals surface area contributed by atoms with Gasteiger partial charge in [-0.2, -0.15) is 0 Å². The Bertz CT molecular complexity index is 487. The van der Waals surface area contributed by atoms with Crippen molar-refractivity contribution in [1.82, 2.24) is 24.8 Å². The summed E-state index contributed by atoms with van der Waals surface area (Å²) in [4.78, 5) is 19.1. The van der Waals surface area contributed by atoms with Gasteiger partial charge >= 0.3 is 0 Å². The van der Waals surface area contributed by atoms with Gasteiger partial charge in [-0.15, -0.1) is 0 Å². The number of nitrogens with zero attached hydrogens (tertiary/aromatic N) is 5. The largest absolute Gasteiger partial charge is 0.290 e. The fourth-order valence-electron chi connectivity index (χ4n) is 2.48. The van der Waals surface area contributed by atoms with Gasteiger partial charge < -0.3 is 0 Å². The van der Waals surface area contributed by atoms with Crippen LogP contribution < -0.4 is 0 Å². The van der Waals surface area contributed by atoms with E-state index in [0.717, 1.165) is 30.8 Å². The molecule has 18 heavy (non-hydrogen) atoms. The van der Waals surface area contributed by atoms with E-state index in [2.05, 4.69) is 24.8 Å². The van der Waals surface area contributed by atoms with Crippen LogP contribution in [0.5, 0.6) is 0 Å². The summed E-state index contributed by atoms with van der Waals surface area (Å²) in [5, 5.41) is 0. The summed E-state index contributed by atoms with van der Waals surface area (Å²) in [5.41, 5.74) is 2.21. The van der Waals surface area contributed by atoms with E-state index in [1.807, 2.05) is 18.6 Å². The Hall–Kier alpha value is -1.88. The average Bonchev–Trinajstić information content (AvgIpc) is 2.89. The maximum Gasteiger partial charge on any atom is 0.115 e. The van der Waals surface area contributed by atoms with Gasteiger partial charge in [-0.25, -0.2) is 9.97 Å². The monoisotopic (exact) mass is 241 g/mol.